The largest absolute Gasteiger partial charge is 0.462 e. The first-order valence-electron chi connectivity index (χ1n) is 26.9. The summed E-state index contributed by atoms with van der Waals surface area (Å²) in [6.45, 7) is 6.35. The van der Waals surface area contributed by atoms with E-state index in [4.69, 9.17) is 14.2 Å². The van der Waals surface area contributed by atoms with Gasteiger partial charge in [-0.15, -0.1) is 0 Å². The van der Waals surface area contributed by atoms with Crippen molar-refractivity contribution in [3.05, 3.63) is 109 Å². The molecule has 0 aliphatic rings. The molecule has 0 aliphatic heterocycles. The van der Waals surface area contributed by atoms with Gasteiger partial charge >= 0.3 is 17.9 Å². The van der Waals surface area contributed by atoms with E-state index in [1.807, 2.05) is 0 Å². The van der Waals surface area contributed by atoms with Crippen LogP contribution in [0.2, 0.25) is 0 Å². The summed E-state index contributed by atoms with van der Waals surface area (Å²) >= 11 is 0. The van der Waals surface area contributed by atoms with Crippen molar-refractivity contribution in [2.75, 3.05) is 13.2 Å². The third-order valence-electron chi connectivity index (χ3n) is 11.0. The Kier molecular flexibility index (Phi) is 50.5. The summed E-state index contributed by atoms with van der Waals surface area (Å²) in [5.41, 5.74) is 0. The molecule has 0 saturated carbocycles. The molecular formula is C60H98O6. The highest BCUT2D eigenvalue weighted by molar-refractivity contribution is 5.71. The van der Waals surface area contributed by atoms with Gasteiger partial charge in [-0.25, -0.2) is 0 Å². The third kappa shape index (κ3) is 51.1. The van der Waals surface area contributed by atoms with Gasteiger partial charge < -0.3 is 14.2 Å². The van der Waals surface area contributed by atoms with E-state index in [1.54, 1.807) is 0 Å². The zero-order valence-electron chi connectivity index (χ0n) is 42.7. The van der Waals surface area contributed by atoms with Gasteiger partial charge in [-0.05, 0) is 103 Å². The van der Waals surface area contributed by atoms with Gasteiger partial charge in [0.15, 0.2) is 6.10 Å². The Morgan fingerprint density at radius 2 is 0.591 bits per heavy atom. The zero-order chi connectivity index (χ0) is 47.9. The molecule has 0 rings (SSSR count). The van der Waals surface area contributed by atoms with Gasteiger partial charge in [0, 0.05) is 19.3 Å². The highest BCUT2D eigenvalue weighted by Crippen LogP contribution is 2.14. The molecule has 6 heteroatoms. The van der Waals surface area contributed by atoms with Crippen molar-refractivity contribution in [1.29, 1.82) is 0 Å². The third-order valence-corrected chi connectivity index (χ3v) is 11.0. The molecule has 0 amide bonds. The van der Waals surface area contributed by atoms with E-state index in [-0.39, 0.29) is 31.1 Å². The summed E-state index contributed by atoms with van der Waals surface area (Å²) in [5.74, 6) is -0.933. The minimum atomic E-state index is -0.793. The number of hydrogen-bond donors (Lipinski definition) is 0. The molecule has 0 heterocycles. The van der Waals surface area contributed by atoms with E-state index >= 15 is 0 Å². The maximum atomic E-state index is 12.8. The topological polar surface area (TPSA) is 78.9 Å². The van der Waals surface area contributed by atoms with Gasteiger partial charge in [-0.3, -0.25) is 14.4 Å². The molecule has 0 aromatic carbocycles. The number of allylic oxidation sites excluding steroid dienone is 18. The second kappa shape index (κ2) is 53.7. The van der Waals surface area contributed by atoms with Gasteiger partial charge in [0.2, 0.25) is 0 Å². The highest BCUT2D eigenvalue weighted by Gasteiger charge is 2.19. The minimum absolute atomic E-state index is 0.0912. The summed E-state index contributed by atoms with van der Waals surface area (Å²) in [6.07, 6.45) is 72.2. The lowest BCUT2D eigenvalue weighted by Gasteiger charge is -2.18. The number of esters is 3. The fourth-order valence-electron chi connectivity index (χ4n) is 7.05. The SMILES string of the molecule is CC/C=C\C/C=C\C/C=C\C/C=C\C/C=C\CCCCCCCC(=O)OCC(COC(=O)CCCCCCCCCC)OC(=O)CCCCCCCC/C=C\C/C=C\C/C=C\C/C=C\CC. The van der Waals surface area contributed by atoms with Crippen molar-refractivity contribution in [2.24, 2.45) is 0 Å². The van der Waals surface area contributed by atoms with E-state index in [2.05, 4.69) is 130 Å². The van der Waals surface area contributed by atoms with Crippen LogP contribution in [0.1, 0.15) is 233 Å². The van der Waals surface area contributed by atoms with Crippen LogP contribution in [-0.4, -0.2) is 37.2 Å². The average molecular weight is 915 g/mol. The number of carbonyl (C=O) groups is 3. The molecule has 1 atom stereocenters. The molecule has 0 radical (unpaired) electrons. The van der Waals surface area contributed by atoms with E-state index in [0.29, 0.717) is 19.3 Å². The fourth-order valence-corrected chi connectivity index (χ4v) is 7.05. The predicted molar refractivity (Wildman–Crippen MR) is 283 cm³/mol. The lowest BCUT2D eigenvalue weighted by Crippen LogP contribution is -2.30. The van der Waals surface area contributed by atoms with Crippen molar-refractivity contribution in [1.82, 2.24) is 0 Å². The molecule has 0 fully saturated rings. The molecule has 0 bridgehead atoms. The molecule has 374 valence electrons. The normalized spacial score (nSPS) is 13.0. The van der Waals surface area contributed by atoms with Crippen LogP contribution in [-0.2, 0) is 28.6 Å². The van der Waals surface area contributed by atoms with E-state index in [0.717, 1.165) is 148 Å². The fraction of sp³-hybridized carbons (Fsp3) is 0.650. The molecule has 0 saturated heterocycles. The van der Waals surface area contributed by atoms with Gasteiger partial charge in [-0.1, -0.05) is 220 Å². The molecule has 0 aromatic rings. The zero-order valence-corrected chi connectivity index (χ0v) is 42.7. The second-order valence-corrected chi connectivity index (χ2v) is 17.4. The lowest BCUT2D eigenvalue weighted by molar-refractivity contribution is -0.167. The summed E-state index contributed by atoms with van der Waals surface area (Å²) in [4.78, 5) is 37.9. The Morgan fingerprint density at radius 3 is 0.924 bits per heavy atom. The minimum Gasteiger partial charge on any atom is -0.462 e. The first kappa shape index (κ1) is 62.1. The number of ether oxygens (including phenoxy) is 3. The van der Waals surface area contributed by atoms with Crippen LogP contribution >= 0.6 is 0 Å². The van der Waals surface area contributed by atoms with Crippen molar-refractivity contribution < 1.29 is 28.6 Å². The van der Waals surface area contributed by atoms with Crippen molar-refractivity contribution in [3.63, 3.8) is 0 Å². The maximum absolute atomic E-state index is 12.8. The van der Waals surface area contributed by atoms with Crippen LogP contribution in [0.15, 0.2) is 109 Å². The van der Waals surface area contributed by atoms with Crippen molar-refractivity contribution in [2.45, 2.75) is 239 Å². The molecule has 0 spiro atoms. The first-order chi connectivity index (χ1) is 32.5. The van der Waals surface area contributed by atoms with E-state index in [1.165, 1.54) is 44.9 Å². The Balaban J connectivity index is 4.36. The molecule has 6 nitrogen and oxygen atoms in total. The highest BCUT2D eigenvalue weighted by atomic mass is 16.6. The smallest absolute Gasteiger partial charge is 0.306 e. The average Bonchev–Trinajstić information content (AvgIpc) is 3.31. The molecule has 0 aliphatic carbocycles. The monoisotopic (exact) mass is 915 g/mol. The van der Waals surface area contributed by atoms with E-state index < -0.39 is 6.10 Å². The van der Waals surface area contributed by atoms with Crippen LogP contribution in [0, 0.1) is 0 Å². The van der Waals surface area contributed by atoms with Crippen molar-refractivity contribution >= 4 is 17.9 Å². The predicted octanol–water partition coefficient (Wildman–Crippen LogP) is 17.9. The number of carbonyl (C=O) groups excluding carboxylic acids is 3. The van der Waals surface area contributed by atoms with Crippen LogP contribution in [0.25, 0.3) is 0 Å². The number of hydrogen-bond acceptors (Lipinski definition) is 6. The number of unbranched alkanes of at least 4 members (excludes halogenated alkanes) is 18. The van der Waals surface area contributed by atoms with Crippen molar-refractivity contribution in [3.8, 4) is 0 Å². The molecular weight excluding hydrogens is 817 g/mol. The second-order valence-electron chi connectivity index (χ2n) is 17.4. The van der Waals surface area contributed by atoms with Gasteiger partial charge in [-0.2, -0.15) is 0 Å². The van der Waals surface area contributed by atoms with Crippen LogP contribution < -0.4 is 0 Å². The van der Waals surface area contributed by atoms with E-state index in [9.17, 15) is 14.4 Å². The molecule has 66 heavy (non-hydrogen) atoms. The van der Waals surface area contributed by atoms with Gasteiger partial charge in [0.25, 0.3) is 0 Å². The maximum Gasteiger partial charge on any atom is 0.306 e. The Bertz CT molecular complexity index is 1370. The Labute approximate surface area is 406 Å². The summed E-state index contributed by atoms with van der Waals surface area (Å²) in [7, 11) is 0. The quantitative estimate of drug-likeness (QED) is 0.0262. The number of rotatable bonds is 47. The van der Waals surface area contributed by atoms with Crippen LogP contribution in [0.4, 0.5) is 0 Å². The molecule has 0 N–H and O–H groups in total. The van der Waals surface area contributed by atoms with Gasteiger partial charge in [0.05, 0.1) is 0 Å². The molecule has 1 unspecified atom stereocenters. The standard InChI is InChI=1S/C60H98O6/c1-4-7-10-13-16-19-21-23-25-27-29-30-32-33-35-37-39-41-44-47-50-53-59(62)65-56-57(55-64-58(61)52-49-46-43-18-15-12-9-6-3)66-60(63)54-51-48-45-42-40-38-36-34-31-28-26-24-22-20-17-14-11-8-5-2/h7-8,10-11,16-17,19-20,23-26,29-31,33-35,57H,4-6,9,12-15,18,21-22,27-28,32,36-56H2,1-3H3/b10-7-,11-8-,19-16-,20-17-,25-23-,26-24-,30-29-,34-31-,35-33-. The summed E-state index contributed by atoms with van der Waals surface area (Å²) in [6, 6.07) is 0. The lowest BCUT2D eigenvalue weighted by atomic mass is 10.1. The van der Waals surface area contributed by atoms with Crippen LogP contribution in [0.5, 0.6) is 0 Å². The summed E-state index contributed by atoms with van der Waals surface area (Å²) < 4.78 is 16.8. The van der Waals surface area contributed by atoms with Crippen LogP contribution in [0.3, 0.4) is 0 Å². The Hall–Kier alpha value is -3.93. The first-order valence-corrected chi connectivity index (χ1v) is 26.9. The Morgan fingerprint density at radius 1 is 0.318 bits per heavy atom. The van der Waals surface area contributed by atoms with Gasteiger partial charge in [0.1, 0.15) is 13.2 Å². The molecule has 0 aromatic heterocycles. The summed E-state index contributed by atoms with van der Waals surface area (Å²) in [5, 5.41) is 0.